The Kier molecular flexibility index (Phi) is 5.55. The third-order valence-corrected chi connectivity index (χ3v) is 5.49. The molecule has 6 heteroatoms. The van der Waals surface area contributed by atoms with Gasteiger partial charge in [0.1, 0.15) is 6.07 Å². The van der Waals surface area contributed by atoms with E-state index < -0.39 is 0 Å². The number of rotatable bonds is 4. The molecule has 0 atom stereocenters. The molecule has 0 bridgehead atoms. The standard InChI is InChI=1S/C24H24N4O2/c1-17-5-3-4-6-20(17)21-15-18(28-13-11-27(2)12-14-28)7-9-22(21)26-24(29)23-10-8-19(16-25)30-23/h3-10,15H,11-14H2,1-2H3,(H,26,29). The van der Waals surface area contributed by atoms with Crippen molar-refractivity contribution in [2.24, 2.45) is 0 Å². The third-order valence-electron chi connectivity index (χ3n) is 5.49. The van der Waals surface area contributed by atoms with Gasteiger partial charge in [0, 0.05) is 43.1 Å². The number of nitrogens with zero attached hydrogens (tertiary/aromatic N) is 3. The molecule has 152 valence electrons. The van der Waals surface area contributed by atoms with Gasteiger partial charge in [-0.15, -0.1) is 0 Å². The Labute approximate surface area is 176 Å². The molecule has 0 aliphatic carbocycles. The second-order valence-electron chi connectivity index (χ2n) is 7.56. The van der Waals surface area contributed by atoms with Gasteiger partial charge in [-0.1, -0.05) is 24.3 Å². The quantitative estimate of drug-likeness (QED) is 0.713. The number of anilines is 2. The number of likely N-dealkylation sites (N-methyl/N-ethyl adjacent to an activating group) is 1. The molecular weight excluding hydrogens is 376 g/mol. The lowest BCUT2D eigenvalue weighted by molar-refractivity contribution is 0.0996. The Morgan fingerprint density at radius 1 is 1.03 bits per heavy atom. The predicted octanol–water partition coefficient (Wildman–Crippen LogP) is 4.13. The van der Waals surface area contributed by atoms with Crippen molar-refractivity contribution in [2.45, 2.75) is 6.92 Å². The number of piperazine rings is 1. The number of hydrogen-bond donors (Lipinski definition) is 1. The molecule has 2 heterocycles. The number of benzene rings is 2. The summed E-state index contributed by atoms with van der Waals surface area (Å²) in [6, 6.07) is 19.2. The minimum Gasteiger partial charge on any atom is -0.440 e. The minimum atomic E-state index is -0.376. The van der Waals surface area contributed by atoms with Crippen molar-refractivity contribution in [1.82, 2.24) is 4.90 Å². The molecule has 30 heavy (non-hydrogen) atoms. The maximum Gasteiger partial charge on any atom is 0.291 e. The molecule has 1 saturated heterocycles. The summed E-state index contributed by atoms with van der Waals surface area (Å²) < 4.78 is 5.28. The smallest absolute Gasteiger partial charge is 0.291 e. The van der Waals surface area contributed by atoms with Crippen molar-refractivity contribution in [3.63, 3.8) is 0 Å². The highest BCUT2D eigenvalue weighted by Crippen LogP contribution is 2.34. The number of amides is 1. The zero-order valence-electron chi connectivity index (χ0n) is 17.2. The van der Waals surface area contributed by atoms with Gasteiger partial charge in [-0.3, -0.25) is 4.79 Å². The van der Waals surface area contributed by atoms with Crippen LogP contribution in [0.25, 0.3) is 11.1 Å². The number of carbonyl (C=O) groups is 1. The van der Waals surface area contributed by atoms with Gasteiger partial charge in [0.15, 0.2) is 5.76 Å². The van der Waals surface area contributed by atoms with E-state index in [-0.39, 0.29) is 17.4 Å². The fraction of sp³-hybridized carbons (Fsp3) is 0.250. The summed E-state index contributed by atoms with van der Waals surface area (Å²) in [5.74, 6) is -0.145. The van der Waals surface area contributed by atoms with Crippen LogP contribution in [-0.4, -0.2) is 44.0 Å². The van der Waals surface area contributed by atoms with Gasteiger partial charge in [-0.05, 0) is 55.4 Å². The maximum atomic E-state index is 12.7. The van der Waals surface area contributed by atoms with Crippen molar-refractivity contribution in [1.29, 1.82) is 5.26 Å². The number of nitriles is 1. The van der Waals surface area contributed by atoms with Crippen molar-refractivity contribution in [3.8, 4) is 17.2 Å². The fourth-order valence-electron chi connectivity index (χ4n) is 3.70. The van der Waals surface area contributed by atoms with Gasteiger partial charge in [-0.2, -0.15) is 5.26 Å². The molecule has 0 radical (unpaired) electrons. The van der Waals surface area contributed by atoms with Crippen molar-refractivity contribution in [3.05, 3.63) is 71.7 Å². The van der Waals surface area contributed by atoms with Crippen LogP contribution < -0.4 is 10.2 Å². The van der Waals surface area contributed by atoms with E-state index in [4.69, 9.17) is 9.68 Å². The first kappa shape index (κ1) is 19.7. The van der Waals surface area contributed by atoms with Crippen LogP contribution >= 0.6 is 0 Å². The Hall–Kier alpha value is -3.56. The van der Waals surface area contributed by atoms with Crippen LogP contribution in [0.1, 0.15) is 21.9 Å². The van der Waals surface area contributed by atoms with E-state index in [2.05, 4.69) is 47.3 Å². The Bertz CT molecular complexity index is 1100. The van der Waals surface area contributed by atoms with Crippen LogP contribution in [0.3, 0.4) is 0 Å². The first-order valence-corrected chi connectivity index (χ1v) is 10.00. The Morgan fingerprint density at radius 2 is 1.80 bits per heavy atom. The summed E-state index contributed by atoms with van der Waals surface area (Å²) in [6.45, 7) is 6.06. The summed E-state index contributed by atoms with van der Waals surface area (Å²) in [4.78, 5) is 17.4. The molecule has 0 unspecified atom stereocenters. The largest absolute Gasteiger partial charge is 0.440 e. The average Bonchev–Trinajstić information content (AvgIpc) is 3.25. The van der Waals surface area contributed by atoms with E-state index >= 15 is 0 Å². The van der Waals surface area contributed by atoms with Crippen LogP contribution in [0.5, 0.6) is 0 Å². The molecule has 1 aromatic heterocycles. The summed E-state index contributed by atoms with van der Waals surface area (Å²) in [6.07, 6.45) is 0. The Morgan fingerprint density at radius 3 is 2.50 bits per heavy atom. The normalized spacial score (nSPS) is 14.4. The summed E-state index contributed by atoms with van der Waals surface area (Å²) in [5, 5.41) is 11.9. The number of nitrogens with one attached hydrogen (secondary N) is 1. The molecule has 1 aliphatic rings. The van der Waals surface area contributed by atoms with E-state index in [1.54, 1.807) is 0 Å². The minimum absolute atomic E-state index is 0.115. The molecule has 6 nitrogen and oxygen atoms in total. The van der Waals surface area contributed by atoms with E-state index in [1.165, 1.54) is 12.1 Å². The molecule has 0 saturated carbocycles. The summed E-state index contributed by atoms with van der Waals surface area (Å²) in [7, 11) is 2.14. The fourth-order valence-corrected chi connectivity index (χ4v) is 3.70. The number of hydrogen-bond acceptors (Lipinski definition) is 5. The second kappa shape index (κ2) is 8.44. The third kappa shape index (κ3) is 4.07. The van der Waals surface area contributed by atoms with Crippen LogP contribution in [0, 0.1) is 18.3 Å². The van der Waals surface area contributed by atoms with Gasteiger partial charge >= 0.3 is 0 Å². The molecule has 1 aliphatic heterocycles. The van der Waals surface area contributed by atoms with E-state index in [0.29, 0.717) is 5.69 Å². The van der Waals surface area contributed by atoms with Crippen molar-refractivity contribution in [2.75, 3.05) is 43.4 Å². The topological polar surface area (TPSA) is 72.5 Å². The molecule has 4 rings (SSSR count). The molecular formula is C24H24N4O2. The van der Waals surface area contributed by atoms with Crippen LogP contribution in [0.4, 0.5) is 11.4 Å². The highest BCUT2D eigenvalue weighted by molar-refractivity contribution is 6.05. The van der Waals surface area contributed by atoms with Crippen molar-refractivity contribution < 1.29 is 9.21 Å². The molecule has 3 aromatic rings. The lowest BCUT2D eigenvalue weighted by atomic mass is 9.98. The van der Waals surface area contributed by atoms with Gasteiger partial charge in [0.25, 0.3) is 5.91 Å². The highest BCUT2D eigenvalue weighted by Gasteiger charge is 2.19. The predicted molar refractivity (Wildman–Crippen MR) is 118 cm³/mol. The first-order chi connectivity index (χ1) is 14.5. The van der Waals surface area contributed by atoms with E-state index in [0.717, 1.165) is 48.6 Å². The van der Waals surface area contributed by atoms with Gasteiger partial charge < -0.3 is 19.5 Å². The second-order valence-corrected chi connectivity index (χ2v) is 7.56. The summed E-state index contributed by atoms with van der Waals surface area (Å²) in [5.41, 5.74) is 5.02. The summed E-state index contributed by atoms with van der Waals surface area (Å²) >= 11 is 0. The monoisotopic (exact) mass is 400 g/mol. The highest BCUT2D eigenvalue weighted by atomic mass is 16.3. The van der Waals surface area contributed by atoms with Crippen LogP contribution in [0.2, 0.25) is 0 Å². The number of furan rings is 1. The number of carbonyl (C=O) groups excluding carboxylic acids is 1. The van der Waals surface area contributed by atoms with E-state index in [9.17, 15) is 4.79 Å². The lowest BCUT2D eigenvalue weighted by Crippen LogP contribution is -2.44. The molecule has 1 amide bonds. The first-order valence-electron chi connectivity index (χ1n) is 10.00. The van der Waals surface area contributed by atoms with E-state index in [1.807, 2.05) is 30.3 Å². The molecule has 1 fully saturated rings. The Balaban J connectivity index is 1.69. The molecule has 2 aromatic carbocycles. The van der Waals surface area contributed by atoms with Gasteiger partial charge in [0.05, 0.1) is 0 Å². The SMILES string of the molecule is Cc1ccccc1-c1cc(N2CCN(C)CC2)ccc1NC(=O)c1ccc(C#N)o1. The van der Waals surface area contributed by atoms with Crippen LogP contribution in [-0.2, 0) is 0 Å². The zero-order valence-corrected chi connectivity index (χ0v) is 17.2. The average molecular weight is 400 g/mol. The molecule has 0 spiro atoms. The van der Waals surface area contributed by atoms with Crippen LogP contribution in [0.15, 0.2) is 59.0 Å². The van der Waals surface area contributed by atoms with Gasteiger partial charge in [-0.25, -0.2) is 0 Å². The molecule has 1 N–H and O–H groups in total. The van der Waals surface area contributed by atoms with Crippen molar-refractivity contribution >= 4 is 17.3 Å². The lowest BCUT2D eigenvalue weighted by Gasteiger charge is -2.34. The van der Waals surface area contributed by atoms with Gasteiger partial charge in [0.2, 0.25) is 5.76 Å². The number of aryl methyl sites for hydroxylation is 1. The maximum absolute atomic E-state index is 12.7. The zero-order chi connectivity index (χ0) is 21.1.